The molecule has 0 unspecified atom stereocenters. The Kier molecular flexibility index (Phi) is 3.47. The summed E-state index contributed by atoms with van der Waals surface area (Å²) in [5, 5.41) is 9.88. The van der Waals surface area contributed by atoms with Gasteiger partial charge in [0.25, 0.3) is 0 Å². The SMILES string of the molecule is Brc1cc(-c2nc3c4cnn(-c5ccccc5)c4ncn3n2)sc1Br. The summed E-state index contributed by atoms with van der Waals surface area (Å²) in [5.41, 5.74) is 2.45. The molecule has 0 radical (unpaired) electrons. The van der Waals surface area contributed by atoms with Gasteiger partial charge < -0.3 is 0 Å². The van der Waals surface area contributed by atoms with E-state index in [1.807, 2.05) is 41.1 Å². The monoisotopic (exact) mass is 474 g/mol. The van der Waals surface area contributed by atoms with Crippen LogP contribution < -0.4 is 0 Å². The Balaban J connectivity index is 1.72. The van der Waals surface area contributed by atoms with Crippen LogP contribution in [0, 0.1) is 0 Å². The van der Waals surface area contributed by atoms with Gasteiger partial charge in [-0.15, -0.1) is 16.4 Å². The van der Waals surface area contributed by atoms with Gasteiger partial charge in [0.2, 0.25) is 0 Å². The van der Waals surface area contributed by atoms with E-state index < -0.39 is 0 Å². The van der Waals surface area contributed by atoms with Gasteiger partial charge in [-0.25, -0.2) is 19.2 Å². The number of para-hydroxylation sites is 1. The van der Waals surface area contributed by atoms with Gasteiger partial charge in [0.15, 0.2) is 17.1 Å². The summed E-state index contributed by atoms with van der Waals surface area (Å²) in [7, 11) is 0. The van der Waals surface area contributed by atoms with Gasteiger partial charge in [0.1, 0.15) is 6.33 Å². The molecular formula is C16H8Br2N6S. The first kappa shape index (κ1) is 15.2. The highest BCUT2D eigenvalue weighted by Gasteiger charge is 2.16. The lowest BCUT2D eigenvalue weighted by Crippen LogP contribution is -1.98. The highest BCUT2D eigenvalue weighted by Crippen LogP contribution is 2.37. The number of hydrogen-bond acceptors (Lipinski definition) is 5. The lowest BCUT2D eigenvalue weighted by atomic mass is 10.3. The Hall–Kier alpha value is -2.10. The molecule has 0 bridgehead atoms. The zero-order valence-electron chi connectivity index (χ0n) is 12.5. The molecule has 5 aromatic rings. The van der Waals surface area contributed by atoms with Crippen molar-refractivity contribution in [2.24, 2.45) is 0 Å². The van der Waals surface area contributed by atoms with Crippen LogP contribution in [0.1, 0.15) is 0 Å². The number of nitrogens with zero attached hydrogens (tertiary/aromatic N) is 6. The molecule has 0 amide bonds. The second-order valence-electron chi connectivity index (χ2n) is 5.31. The van der Waals surface area contributed by atoms with Crippen molar-refractivity contribution in [3.05, 3.63) is 57.2 Å². The fraction of sp³-hybridized carbons (Fsp3) is 0. The standard InChI is InChI=1S/C16H8Br2N6S/c17-11-6-12(25-13(11)18)14-21-16-10-7-20-24(9-4-2-1-3-5-9)15(10)19-8-23(16)22-14/h1-8H. The molecule has 25 heavy (non-hydrogen) atoms. The Morgan fingerprint density at radius 2 is 1.88 bits per heavy atom. The molecule has 0 fully saturated rings. The molecule has 0 aliphatic heterocycles. The van der Waals surface area contributed by atoms with Gasteiger partial charge in [-0.1, -0.05) is 18.2 Å². The zero-order chi connectivity index (χ0) is 17.0. The second kappa shape index (κ2) is 5.72. The third-order valence-electron chi connectivity index (χ3n) is 3.77. The number of hydrogen-bond donors (Lipinski definition) is 0. The van der Waals surface area contributed by atoms with Crippen LogP contribution in [0.2, 0.25) is 0 Å². The van der Waals surface area contributed by atoms with Crippen LogP contribution in [0.3, 0.4) is 0 Å². The molecule has 0 aliphatic carbocycles. The van der Waals surface area contributed by atoms with Gasteiger partial charge >= 0.3 is 0 Å². The van der Waals surface area contributed by atoms with E-state index in [0.29, 0.717) is 5.82 Å². The highest BCUT2D eigenvalue weighted by atomic mass is 79.9. The topological polar surface area (TPSA) is 60.9 Å². The average molecular weight is 476 g/mol. The van der Waals surface area contributed by atoms with Crippen LogP contribution in [0.4, 0.5) is 0 Å². The van der Waals surface area contributed by atoms with Crippen molar-refractivity contribution in [2.75, 3.05) is 0 Å². The number of halogens is 2. The molecule has 4 heterocycles. The molecule has 122 valence electrons. The van der Waals surface area contributed by atoms with Crippen molar-refractivity contribution in [2.45, 2.75) is 0 Å². The first-order valence-electron chi connectivity index (χ1n) is 7.30. The molecule has 0 N–H and O–H groups in total. The Bertz CT molecular complexity index is 1200. The molecule has 4 aromatic heterocycles. The number of aromatic nitrogens is 6. The Labute approximate surface area is 162 Å². The van der Waals surface area contributed by atoms with Crippen molar-refractivity contribution >= 4 is 59.9 Å². The van der Waals surface area contributed by atoms with Crippen molar-refractivity contribution in [3.63, 3.8) is 0 Å². The van der Waals surface area contributed by atoms with Gasteiger partial charge in [-0.3, -0.25) is 0 Å². The number of fused-ring (bicyclic) bond motifs is 3. The number of benzene rings is 1. The molecule has 9 heteroatoms. The van der Waals surface area contributed by atoms with E-state index in [1.165, 1.54) is 0 Å². The summed E-state index contributed by atoms with van der Waals surface area (Å²) in [6, 6.07) is 11.9. The fourth-order valence-electron chi connectivity index (χ4n) is 2.64. The third kappa shape index (κ3) is 2.42. The predicted molar refractivity (Wildman–Crippen MR) is 104 cm³/mol. The maximum Gasteiger partial charge on any atom is 0.192 e. The van der Waals surface area contributed by atoms with Gasteiger partial charge in [-0.2, -0.15) is 5.10 Å². The molecule has 6 nitrogen and oxygen atoms in total. The van der Waals surface area contributed by atoms with E-state index in [-0.39, 0.29) is 0 Å². The fourth-order valence-corrected chi connectivity index (χ4v) is 4.60. The van der Waals surface area contributed by atoms with E-state index in [1.54, 1.807) is 28.4 Å². The van der Waals surface area contributed by atoms with E-state index in [9.17, 15) is 0 Å². The van der Waals surface area contributed by atoms with Crippen molar-refractivity contribution in [1.29, 1.82) is 0 Å². The molecule has 0 aliphatic rings. The second-order valence-corrected chi connectivity index (χ2v) is 8.53. The van der Waals surface area contributed by atoms with E-state index in [2.05, 4.69) is 47.0 Å². The minimum atomic E-state index is 0.665. The smallest absolute Gasteiger partial charge is 0.192 e. The highest BCUT2D eigenvalue weighted by molar-refractivity contribution is 9.13. The Morgan fingerprint density at radius 3 is 2.64 bits per heavy atom. The largest absolute Gasteiger partial charge is 0.216 e. The molecular weight excluding hydrogens is 468 g/mol. The lowest BCUT2D eigenvalue weighted by molar-refractivity contribution is 0.883. The zero-order valence-corrected chi connectivity index (χ0v) is 16.5. The minimum absolute atomic E-state index is 0.665. The lowest BCUT2D eigenvalue weighted by Gasteiger charge is -2.01. The molecule has 5 rings (SSSR count). The van der Waals surface area contributed by atoms with E-state index >= 15 is 0 Å². The summed E-state index contributed by atoms with van der Waals surface area (Å²) in [5.74, 6) is 0.665. The quantitative estimate of drug-likeness (QED) is 0.370. The number of rotatable bonds is 2. The van der Waals surface area contributed by atoms with Crippen LogP contribution >= 0.6 is 43.2 Å². The van der Waals surface area contributed by atoms with Crippen LogP contribution in [0.5, 0.6) is 0 Å². The van der Waals surface area contributed by atoms with Crippen LogP contribution in [0.25, 0.3) is 33.1 Å². The third-order valence-corrected chi connectivity index (χ3v) is 7.02. The Morgan fingerprint density at radius 1 is 1.04 bits per heavy atom. The first-order chi connectivity index (χ1) is 12.2. The molecule has 0 atom stereocenters. The molecule has 0 saturated carbocycles. The van der Waals surface area contributed by atoms with Crippen LogP contribution in [0.15, 0.2) is 57.2 Å². The summed E-state index contributed by atoms with van der Waals surface area (Å²) in [6.45, 7) is 0. The van der Waals surface area contributed by atoms with Crippen molar-refractivity contribution < 1.29 is 0 Å². The van der Waals surface area contributed by atoms with Crippen molar-refractivity contribution in [1.82, 2.24) is 29.4 Å². The molecule has 0 saturated heterocycles. The van der Waals surface area contributed by atoms with Gasteiger partial charge in [0.05, 0.1) is 25.9 Å². The summed E-state index contributed by atoms with van der Waals surface area (Å²) >= 11 is 8.59. The summed E-state index contributed by atoms with van der Waals surface area (Å²) < 4.78 is 5.51. The van der Waals surface area contributed by atoms with Gasteiger partial charge in [0, 0.05) is 4.47 Å². The number of thiophene rings is 1. The van der Waals surface area contributed by atoms with Crippen molar-refractivity contribution in [3.8, 4) is 16.4 Å². The molecule has 1 aromatic carbocycles. The maximum absolute atomic E-state index is 4.70. The normalized spacial score (nSPS) is 11.6. The van der Waals surface area contributed by atoms with Crippen LogP contribution in [-0.2, 0) is 0 Å². The summed E-state index contributed by atoms with van der Waals surface area (Å²) in [4.78, 5) is 10.2. The van der Waals surface area contributed by atoms with E-state index in [0.717, 1.165) is 35.5 Å². The predicted octanol–water partition coefficient (Wildman–Crippen LogP) is 4.72. The van der Waals surface area contributed by atoms with E-state index in [4.69, 9.17) is 4.98 Å². The first-order valence-corrected chi connectivity index (χ1v) is 9.71. The average Bonchev–Trinajstić information content (AvgIpc) is 3.32. The minimum Gasteiger partial charge on any atom is -0.216 e. The van der Waals surface area contributed by atoms with Gasteiger partial charge in [-0.05, 0) is 50.1 Å². The van der Waals surface area contributed by atoms with Crippen LogP contribution in [-0.4, -0.2) is 29.4 Å². The maximum atomic E-state index is 4.70. The molecule has 0 spiro atoms. The summed E-state index contributed by atoms with van der Waals surface area (Å²) in [6.07, 6.45) is 3.45.